The third kappa shape index (κ3) is 5.02. The maximum absolute atomic E-state index is 13.2. The topological polar surface area (TPSA) is 75.5 Å². The summed E-state index contributed by atoms with van der Waals surface area (Å²) < 4.78 is 29.4. The van der Waals surface area contributed by atoms with Crippen molar-refractivity contribution in [2.45, 2.75) is 36.5 Å². The second-order valence-corrected chi connectivity index (χ2v) is 10.2. The summed E-state index contributed by atoms with van der Waals surface area (Å²) in [5, 5.41) is 4.24. The molecule has 0 bridgehead atoms. The number of sulfonamides is 1. The fourth-order valence-electron chi connectivity index (χ4n) is 3.57. The predicted molar refractivity (Wildman–Crippen MR) is 114 cm³/mol. The average molecular weight is 437 g/mol. The van der Waals surface area contributed by atoms with Crippen molar-refractivity contribution in [1.29, 1.82) is 0 Å². The number of carbonyl (C=O) groups is 1. The molecule has 3 rings (SSSR count). The maximum atomic E-state index is 13.2. The first kappa shape index (κ1) is 21.9. The highest BCUT2D eigenvalue weighted by molar-refractivity contribution is 7.99. The van der Waals surface area contributed by atoms with E-state index in [1.165, 1.54) is 4.31 Å². The lowest BCUT2D eigenvalue weighted by molar-refractivity contribution is -0.130. The summed E-state index contributed by atoms with van der Waals surface area (Å²) in [5.74, 6) is 0.802. The first-order chi connectivity index (χ1) is 13.8. The van der Waals surface area contributed by atoms with E-state index in [1.807, 2.05) is 30.3 Å². The molecule has 1 aliphatic heterocycles. The molecule has 1 aromatic carbocycles. The van der Waals surface area contributed by atoms with Crippen LogP contribution in [0.3, 0.4) is 0 Å². The van der Waals surface area contributed by atoms with Gasteiger partial charge in [0.1, 0.15) is 4.90 Å². The zero-order valence-corrected chi connectivity index (χ0v) is 18.8. The van der Waals surface area contributed by atoms with E-state index in [2.05, 4.69) is 5.10 Å². The lowest BCUT2D eigenvalue weighted by Gasteiger charge is -2.22. The Morgan fingerprint density at radius 2 is 1.83 bits per heavy atom. The van der Waals surface area contributed by atoms with Gasteiger partial charge in [0.15, 0.2) is 0 Å². The molecular weight excluding hydrogens is 408 g/mol. The minimum absolute atomic E-state index is 0.0846. The minimum atomic E-state index is -3.62. The molecule has 9 heteroatoms. The third-order valence-corrected chi connectivity index (χ3v) is 8.34. The molecule has 1 amide bonds. The van der Waals surface area contributed by atoms with Gasteiger partial charge in [-0.1, -0.05) is 18.2 Å². The van der Waals surface area contributed by atoms with Gasteiger partial charge in [-0.2, -0.15) is 9.40 Å². The van der Waals surface area contributed by atoms with Gasteiger partial charge in [0.2, 0.25) is 15.9 Å². The van der Waals surface area contributed by atoms with E-state index in [-0.39, 0.29) is 5.91 Å². The SMILES string of the molecule is Cc1nn(C)c(C)c1S(=O)(=O)N1CCCN(C(=O)CCSc2ccccc2)CC1. The largest absolute Gasteiger partial charge is 0.341 e. The molecule has 0 atom stereocenters. The van der Waals surface area contributed by atoms with Crippen LogP contribution in [-0.4, -0.2) is 65.2 Å². The van der Waals surface area contributed by atoms with Crippen LogP contribution in [0.1, 0.15) is 24.2 Å². The Morgan fingerprint density at radius 3 is 2.48 bits per heavy atom. The Hall–Kier alpha value is -1.84. The summed E-state index contributed by atoms with van der Waals surface area (Å²) in [4.78, 5) is 15.8. The van der Waals surface area contributed by atoms with Gasteiger partial charge in [-0.05, 0) is 32.4 Å². The number of nitrogens with zero attached hydrogens (tertiary/aromatic N) is 4. The number of hydrogen-bond acceptors (Lipinski definition) is 5. The highest BCUT2D eigenvalue weighted by atomic mass is 32.2. The van der Waals surface area contributed by atoms with Crippen molar-refractivity contribution in [1.82, 2.24) is 19.0 Å². The Morgan fingerprint density at radius 1 is 1.10 bits per heavy atom. The predicted octanol–water partition coefficient (Wildman–Crippen LogP) is 2.44. The van der Waals surface area contributed by atoms with Gasteiger partial charge in [-0.3, -0.25) is 9.48 Å². The van der Waals surface area contributed by atoms with Gasteiger partial charge in [-0.15, -0.1) is 11.8 Å². The van der Waals surface area contributed by atoms with Gasteiger partial charge in [0, 0.05) is 50.3 Å². The number of benzene rings is 1. The van der Waals surface area contributed by atoms with Crippen LogP contribution >= 0.6 is 11.8 Å². The number of aromatic nitrogens is 2. The number of aryl methyl sites for hydroxylation is 2. The van der Waals surface area contributed by atoms with E-state index in [4.69, 9.17) is 0 Å². The quantitative estimate of drug-likeness (QED) is 0.650. The number of rotatable bonds is 6. The lowest BCUT2D eigenvalue weighted by Crippen LogP contribution is -2.37. The smallest absolute Gasteiger partial charge is 0.246 e. The molecule has 29 heavy (non-hydrogen) atoms. The van der Waals surface area contributed by atoms with E-state index in [1.54, 1.807) is 42.2 Å². The molecule has 2 heterocycles. The van der Waals surface area contributed by atoms with Crippen LogP contribution in [-0.2, 0) is 21.9 Å². The summed E-state index contributed by atoms with van der Waals surface area (Å²) in [6.45, 7) is 5.23. The average Bonchev–Trinajstić information content (AvgIpc) is 2.87. The van der Waals surface area contributed by atoms with Gasteiger partial charge >= 0.3 is 0 Å². The zero-order valence-electron chi connectivity index (χ0n) is 17.2. The van der Waals surface area contributed by atoms with E-state index >= 15 is 0 Å². The van der Waals surface area contributed by atoms with Crippen molar-refractivity contribution in [3.8, 4) is 0 Å². The fourth-order valence-corrected chi connectivity index (χ4v) is 6.30. The second kappa shape index (κ2) is 9.32. The molecule has 0 aliphatic carbocycles. The van der Waals surface area contributed by atoms with Gasteiger partial charge in [0.05, 0.1) is 11.4 Å². The normalized spacial score (nSPS) is 16.0. The first-order valence-corrected chi connectivity index (χ1v) is 12.2. The Balaban J connectivity index is 1.59. The third-order valence-electron chi connectivity index (χ3n) is 5.18. The molecule has 1 aromatic heterocycles. The van der Waals surface area contributed by atoms with Crippen LogP contribution in [0.4, 0.5) is 0 Å². The zero-order chi connectivity index (χ0) is 21.0. The van der Waals surface area contributed by atoms with E-state index in [0.29, 0.717) is 55.3 Å². The van der Waals surface area contributed by atoms with E-state index < -0.39 is 10.0 Å². The molecule has 0 N–H and O–H groups in total. The van der Waals surface area contributed by atoms with Crippen LogP contribution in [0, 0.1) is 13.8 Å². The van der Waals surface area contributed by atoms with Crippen LogP contribution in [0.5, 0.6) is 0 Å². The molecule has 1 fully saturated rings. The second-order valence-electron chi connectivity index (χ2n) is 7.17. The Bertz CT molecular complexity index is 958. The maximum Gasteiger partial charge on any atom is 0.246 e. The number of hydrogen-bond donors (Lipinski definition) is 0. The highest BCUT2D eigenvalue weighted by Crippen LogP contribution is 2.24. The lowest BCUT2D eigenvalue weighted by atomic mass is 10.3. The molecule has 1 aliphatic rings. The monoisotopic (exact) mass is 436 g/mol. The van der Waals surface area contributed by atoms with Crippen molar-refractivity contribution < 1.29 is 13.2 Å². The number of amides is 1. The molecule has 1 saturated heterocycles. The summed E-state index contributed by atoms with van der Waals surface area (Å²) in [6, 6.07) is 10.0. The van der Waals surface area contributed by atoms with Gasteiger partial charge < -0.3 is 4.90 Å². The van der Waals surface area contributed by atoms with E-state index in [0.717, 1.165) is 10.6 Å². The number of thioether (sulfide) groups is 1. The summed E-state index contributed by atoms with van der Waals surface area (Å²) in [7, 11) is -1.87. The molecule has 0 spiro atoms. The van der Waals surface area contributed by atoms with E-state index in [9.17, 15) is 13.2 Å². The summed E-state index contributed by atoms with van der Waals surface area (Å²) >= 11 is 1.66. The number of carbonyl (C=O) groups excluding carboxylic acids is 1. The molecule has 0 radical (unpaired) electrons. The van der Waals surface area contributed by atoms with Crippen LogP contribution in [0.15, 0.2) is 40.1 Å². The molecule has 0 saturated carbocycles. The molecule has 2 aromatic rings. The van der Waals surface area contributed by atoms with Crippen molar-refractivity contribution >= 4 is 27.7 Å². The molecule has 158 valence electrons. The molecule has 0 unspecified atom stereocenters. The fraction of sp³-hybridized carbons (Fsp3) is 0.500. The van der Waals surface area contributed by atoms with Gasteiger partial charge in [0.25, 0.3) is 0 Å². The van der Waals surface area contributed by atoms with Crippen LogP contribution < -0.4 is 0 Å². The Kier molecular flexibility index (Phi) is 7.02. The van der Waals surface area contributed by atoms with Crippen molar-refractivity contribution in [2.75, 3.05) is 31.9 Å². The first-order valence-electron chi connectivity index (χ1n) is 9.76. The summed E-state index contributed by atoms with van der Waals surface area (Å²) in [5.41, 5.74) is 1.15. The van der Waals surface area contributed by atoms with Crippen LogP contribution in [0.25, 0.3) is 0 Å². The van der Waals surface area contributed by atoms with Crippen molar-refractivity contribution in [3.05, 3.63) is 41.7 Å². The van der Waals surface area contributed by atoms with Crippen molar-refractivity contribution in [2.24, 2.45) is 7.05 Å². The standard InChI is InChI=1S/C20H28N4O3S2/c1-16-20(17(2)22(3)21-16)29(26,27)24-12-7-11-23(13-14-24)19(25)10-15-28-18-8-5-4-6-9-18/h4-6,8-9H,7,10-15H2,1-3H3. The Labute approximate surface area is 177 Å². The van der Waals surface area contributed by atoms with Crippen molar-refractivity contribution in [3.63, 3.8) is 0 Å². The van der Waals surface area contributed by atoms with Gasteiger partial charge in [-0.25, -0.2) is 8.42 Å². The summed E-state index contributed by atoms with van der Waals surface area (Å²) in [6.07, 6.45) is 1.09. The highest BCUT2D eigenvalue weighted by Gasteiger charge is 2.32. The van der Waals surface area contributed by atoms with Crippen LogP contribution in [0.2, 0.25) is 0 Å². The molecule has 7 nitrogen and oxygen atoms in total. The molecular formula is C20H28N4O3S2. The minimum Gasteiger partial charge on any atom is -0.341 e.